The number of nitrogens with zero attached hydrogens (tertiary/aromatic N) is 4. The molecule has 0 radical (unpaired) electrons. The Morgan fingerprint density at radius 1 is 1.46 bits per heavy atom. The molecule has 10 heteroatoms. The summed E-state index contributed by atoms with van der Waals surface area (Å²) >= 11 is 4.51. The Hall–Kier alpha value is -2.17. The highest BCUT2D eigenvalue weighted by Crippen LogP contribution is 2.35. The molecule has 0 atom stereocenters. The number of rotatable bonds is 4. The lowest BCUT2D eigenvalue weighted by molar-refractivity contribution is 0.0465. The summed E-state index contributed by atoms with van der Waals surface area (Å²) in [6, 6.07) is 4.85. The maximum atomic E-state index is 14.1. The van der Waals surface area contributed by atoms with Crippen LogP contribution in [-0.2, 0) is 29.1 Å². The highest BCUT2D eigenvalue weighted by molar-refractivity contribution is 9.10. The summed E-state index contributed by atoms with van der Waals surface area (Å²) in [5.74, 6) is -0.976. The second-order valence-electron chi connectivity index (χ2n) is 5.53. The van der Waals surface area contributed by atoms with E-state index >= 15 is 0 Å². The highest BCUT2D eigenvalue weighted by atomic mass is 79.9. The Labute approximate surface area is 159 Å². The fourth-order valence-electron chi connectivity index (χ4n) is 2.72. The van der Waals surface area contributed by atoms with Gasteiger partial charge in [0.15, 0.2) is 0 Å². The summed E-state index contributed by atoms with van der Waals surface area (Å²) < 4.78 is 26.7. The van der Waals surface area contributed by atoms with Crippen LogP contribution in [0.2, 0.25) is 0 Å². The van der Waals surface area contributed by atoms with Crippen LogP contribution in [0.25, 0.3) is 5.00 Å². The monoisotopic (exact) mass is 438 g/mol. The third-order valence-corrected chi connectivity index (χ3v) is 5.76. The van der Waals surface area contributed by atoms with Crippen LogP contribution in [-0.4, -0.2) is 32.8 Å². The maximum Gasteiger partial charge on any atom is 0.341 e. The number of halogens is 2. The van der Waals surface area contributed by atoms with E-state index < -0.39 is 11.8 Å². The molecular weight excluding hydrogens is 427 g/mol. The van der Waals surface area contributed by atoms with Crippen molar-refractivity contribution in [1.29, 1.82) is 0 Å². The molecule has 0 saturated heterocycles. The third-order valence-electron chi connectivity index (χ3n) is 3.95. The number of carbonyl (C=O) groups excluding carboxylic acids is 1. The zero-order valence-corrected chi connectivity index (χ0v) is 15.7. The Morgan fingerprint density at radius 2 is 2.35 bits per heavy atom. The maximum absolute atomic E-state index is 14.1. The van der Waals surface area contributed by atoms with E-state index in [2.05, 4.69) is 31.5 Å². The topological polar surface area (TPSA) is 79.1 Å². The van der Waals surface area contributed by atoms with Gasteiger partial charge >= 0.3 is 5.97 Å². The fraction of sp³-hybridized carbons (Fsp3) is 0.250. The standard InChI is InChI=1S/C16H12BrFN4O3S/c17-11-3-1-2-9(14(11)18)6-25-16(23)13-10-4-5-24-7-12(10)26-15(13)22-8-19-20-21-22/h1-3,8H,4-7H2. The van der Waals surface area contributed by atoms with Gasteiger partial charge in [-0.1, -0.05) is 12.1 Å². The second-order valence-corrected chi connectivity index (χ2v) is 7.47. The largest absolute Gasteiger partial charge is 0.457 e. The van der Waals surface area contributed by atoms with Crippen molar-refractivity contribution in [3.05, 3.63) is 56.4 Å². The van der Waals surface area contributed by atoms with E-state index in [0.29, 0.717) is 40.2 Å². The summed E-state index contributed by atoms with van der Waals surface area (Å²) in [6.07, 6.45) is 2.02. The lowest BCUT2D eigenvalue weighted by atomic mass is 10.1. The molecule has 0 aliphatic carbocycles. The normalized spacial score (nSPS) is 13.5. The van der Waals surface area contributed by atoms with Crippen molar-refractivity contribution in [3.63, 3.8) is 0 Å². The molecule has 0 amide bonds. The average molecular weight is 439 g/mol. The molecular formula is C16H12BrFN4O3S. The van der Waals surface area contributed by atoms with E-state index in [1.807, 2.05) is 0 Å². The molecule has 26 heavy (non-hydrogen) atoms. The average Bonchev–Trinajstić information content (AvgIpc) is 3.30. The van der Waals surface area contributed by atoms with Gasteiger partial charge in [-0.05, 0) is 44.4 Å². The Balaban J connectivity index is 1.65. The van der Waals surface area contributed by atoms with Gasteiger partial charge in [0.05, 0.1) is 17.7 Å². The van der Waals surface area contributed by atoms with Crippen molar-refractivity contribution in [1.82, 2.24) is 20.2 Å². The Bertz CT molecular complexity index is 961. The van der Waals surface area contributed by atoms with Gasteiger partial charge in [0.25, 0.3) is 0 Å². The van der Waals surface area contributed by atoms with Crippen LogP contribution in [0.1, 0.15) is 26.4 Å². The van der Waals surface area contributed by atoms with Gasteiger partial charge in [-0.15, -0.1) is 16.4 Å². The minimum Gasteiger partial charge on any atom is -0.457 e. The van der Waals surface area contributed by atoms with Crippen molar-refractivity contribution in [2.24, 2.45) is 0 Å². The van der Waals surface area contributed by atoms with Crippen molar-refractivity contribution in [2.45, 2.75) is 19.6 Å². The molecule has 1 aromatic carbocycles. The van der Waals surface area contributed by atoms with Gasteiger partial charge < -0.3 is 9.47 Å². The Morgan fingerprint density at radius 3 is 3.15 bits per heavy atom. The predicted molar refractivity (Wildman–Crippen MR) is 93.6 cm³/mol. The van der Waals surface area contributed by atoms with E-state index in [9.17, 15) is 9.18 Å². The predicted octanol–water partition coefficient (Wildman–Crippen LogP) is 3.06. The molecule has 0 N–H and O–H groups in total. The first-order valence-electron chi connectivity index (χ1n) is 7.71. The molecule has 0 unspecified atom stereocenters. The lowest BCUT2D eigenvalue weighted by Crippen LogP contribution is -2.14. The number of aromatic nitrogens is 4. The van der Waals surface area contributed by atoms with E-state index in [1.165, 1.54) is 22.3 Å². The summed E-state index contributed by atoms with van der Waals surface area (Å²) in [4.78, 5) is 13.7. The number of hydrogen-bond acceptors (Lipinski definition) is 7. The van der Waals surface area contributed by atoms with Crippen LogP contribution < -0.4 is 0 Å². The van der Waals surface area contributed by atoms with Gasteiger partial charge in [0, 0.05) is 10.4 Å². The first-order valence-corrected chi connectivity index (χ1v) is 9.31. The SMILES string of the molecule is O=C(OCc1cccc(Br)c1F)c1c(-n2cnnn2)sc2c1CCOC2. The van der Waals surface area contributed by atoms with Gasteiger partial charge in [-0.25, -0.2) is 9.18 Å². The van der Waals surface area contributed by atoms with Crippen LogP contribution in [0, 0.1) is 5.82 Å². The molecule has 7 nitrogen and oxygen atoms in total. The molecule has 134 valence electrons. The van der Waals surface area contributed by atoms with Gasteiger partial charge in [0.1, 0.15) is 29.3 Å². The van der Waals surface area contributed by atoms with E-state index in [0.717, 1.165) is 10.4 Å². The number of fused-ring (bicyclic) bond motifs is 1. The first-order chi connectivity index (χ1) is 12.6. The van der Waals surface area contributed by atoms with Crippen LogP contribution in [0.15, 0.2) is 29.0 Å². The lowest BCUT2D eigenvalue weighted by Gasteiger charge is -2.13. The van der Waals surface area contributed by atoms with Crippen molar-refractivity contribution < 1.29 is 18.7 Å². The van der Waals surface area contributed by atoms with Crippen LogP contribution in [0.4, 0.5) is 4.39 Å². The zero-order chi connectivity index (χ0) is 18.1. The highest BCUT2D eigenvalue weighted by Gasteiger charge is 2.28. The van der Waals surface area contributed by atoms with Crippen molar-refractivity contribution in [2.75, 3.05) is 6.61 Å². The molecule has 4 rings (SSSR count). The molecule has 2 aromatic heterocycles. The summed E-state index contributed by atoms with van der Waals surface area (Å²) in [5, 5.41) is 11.7. The number of esters is 1. The van der Waals surface area contributed by atoms with Crippen LogP contribution >= 0.6 is 27.3 Å². The molecule has 0 spiro atoms. The summed E-state index contributed by atoms with van der Waals surface area (Å²) in [5.41, 5.74) is 1.59. The number of hydrogen-bond donors (Lipinski definition) is 0. The van der Waals surface area contributed by atoms with Crippen LogP contribution in [0.3, 0.4) is 0 Å². The van der Waals surface area contributed by atoms with Gasteiger partial charge in [0.2, 0.25) is 0 Å². The number of benzene rings is 1. The fourth-order valence-corrected chi connectivity index (χ4v) is 4.32. The van der Waals surface area contributed by atoms with Gasteiger partial charge in [-0.3, -0.25) is 0 Å². The molecule has 3 heterocycles. The molecule has 0 bridgehead atoms. The summed E-state index contributed by atoms with van der Waals surface area (Å²) in [7, 11) is 0. The molecule has 0 fully saturated rings. The molecule has 3 aromatic rings. The molecule has 0 saturated carbocycles. The number of carbonyl (C=O) groups is 1. The van der Waals surface area contributed by atoms with E-state index in [1.54, 1.807) is 18.2 Å². The number of thiophene rings is 1. The minimum absolute atomic E-state index is 0.166. The Kier molecular flexibility index (Phi) is 4.79. The second kappa shape index (κ2) is 7.22. The van der Waals surface area contributed by atoms with Crippen molar-refractivity contribution in [3.8, 4) is 5.00 Å². The van der Waals surface area contributed by atoms with Crippen molar-refractivity contribution >= 4 is 33.2 Å². The number of tetrazole rings is 1. The minimum atomic E-state index is -0.533. The zero-order valence-electron chi connectivity index (χ0n) is 13.3. The first kappa shape index (κ1) is 17.3. The smallest absolute Gasteiger partial charge is 0.341 e. The third kappa shape index (κ3) is 3.15. The van der Waals surface area contributed by atoms with E-state index in [4.69, 9.17) is 9.47 Å². The quantitative estimate of drug-likeness (QED) is 0.582. The van der Waals surface area contributed by atoms with Gasteiger partial charge in [-0.2, -0.15) is 4.68 Å². The number of ether oxygens (including phenoxy) is 2. The van der Waals surface area contributed by atoms with E-state index in [-0.39, 0.29) is 6.61 Å². The molecule has 1 aliphatic rings. The van der Waals surface area contributed by atoms with Crippen LogP contribution in [0.5, 0.6) is 0 Å². The molecule has 1 aliphatic heterocycles. The summed E-state index contributed by atoms with van der Waals surface area (Å²) in [6.45, 7) is 0.794.